The summed E-state index contributed by atoms with van der Waals surface area (Å²) < 4.78 is 17.6. The molecule has 0 amide bonds. The standard InChI is InChI=1S/C15H17O4P/c1-12-8-6-7-11-15(12,2)19-20(17,18)14(16)13-9-4-3-5-10-13/h3-12H,1-2H3,(H,17,18). The highest BCUT2D eigenvalue weighted by molar-refractivity contribution is 7.71. The Morgan fingerprint density at radius 1 is 1.30 bits per heavy atom. The predicted molar refractivity (Wildman–Crippen MR) is 77.5 cm³/mol. The van der Waals surface area contributed by atoms with E-state index in [1.54, 1.807) is 37.3 Å². The van der Waals surface area contributed by atoms with Gasteiger partial charge in [0.2, 0.25) is 0 Å². The first kappa shape index (κ1) is 14.9. The van der Waals surface area contributed by atoms with Crippen LogP contribution in [0.1, 0.15) is 24.2 Å². The number of carbonyl (C=O) groups is 1. The van der Waals surface area contributed by atoms with Gasteiger partial charge in [0.15, 0.2) is 0 Å². The molecule has 3 unspecified atom stereocenters. The molecule has 0 saturated carbocycles. The molecule has 106 valence electrons. The third kappa shape index (κ3) is 2.98. The van der Waals surface area contributed by atoms with E-state index in [9.17, 15) is 14.3 Å². The molecule has 0 aliphatic heterocycles. The van der Waals surface area contributed by atoms with Crippen molar-refractivity contribution in [2.75, 3.05) is 0 Å². The Morgan fingerprint density at radius 3 is 2.55 bits per heavy atom. The molecule has 0 heterocycles. The average Bonchev–Trinajstić information content (AvgIpc) is 2.42. The van der Waals surface area contributed by atoms with E-state index in [4.69, 9.17) is 4.52 Å². The number of rotatable bonds is 4. The van der Waals surface area contributed by atoms with E-state index >= 15 is 0 Å². The van der Waals surface area contributed by atoms with Crippen molar-refractivity contribution >= 4 is 13.1 Å². The monoisotopic (exact) mass is 292 g/mol. The minimum Gasteiger partial charge on any atom is -0.319 e. The van der Waals surface area contributed by atoms with Gasteiger partial charge in [-0.05, 0) is 6.92 Å². The van der Waals surface area contributed by atoms with Crippen LogP contribution in [0.5, 0.6) is 0 Å². The molecule has 1 N–H and O–H groups in total. The number of hydrogen-bond acceptors (Lipinski definition) is 3. The maximum atomic E-state index is 12.3. The maximum Gasteiger partial charge on any atom is 0.399 e. The van der Waals surface area contributed by atoms with Crippen molar-refractivity contribution in [3.63, 3.8) is 0 Å². The molecule has 1 aliphatic rings. The fourth-order valence-corrected chi connectivity index (χ4v) is 3.30. The largest absolute Gasteiger partial charge is 0.399 e. The van der Waals surface area contributed by atoms with Crippen LogP contribution >= 0.6 is 7.60 Å². The normalized spacial score (nSPS) is 28.1. The second-order valence-electron chi connectivity index (χ2n) is 5.00. The molecule has 1 aromatic rings. The fourth-order valence-electron chi connectivity index (χ4n) is 1.99. The molecule has 0 radical (unpaired) electrons. The average molecular weight is 292 g/mol. The Labute approximate surface area is 118 Å². The number of allylic oxidation sites excluding steroid dienone is 2. The summed E-state index contributed by atoms with van der Waals surface area (Å²) >= 11 is 0. The quantitative estimate of drug-likeness (QED) is 0.862. The third-order valence-corrected chi connectivity index (χ3v) is 4.85. The second-order valence-corrected chi connectivity index (χ2v) is 6.63. The highest BCUT2D eigenvalue weighted by Gasteiger charge is 2.41. The summed E-state index contributed by atoms with van der Waals surface area (Å²) in [6, 6.07) is 8.01. The summed E-state index contributed by atoms with van der Waals surface area (Å²) in [7, 11) is -4.40. The van der Waals surface area contributed by atoms with Crippen molar-refractivity contribution in [3.8, 4) is 0 Å². The Morgan fingerprint density at radius 2 is 1.95 bits per heavy atom. The summed E-state index contributed by atoms with van der Waals surface area (Å²) in [6.45, 7) is 3.56. The van der Waals surface area contributed by atoms with E-state index in [0.717, 1.165) is 0 Å². The molecule has 0 saturated heterocycles. The van der Waals surface area contributed by atoms with E-state index in [0.29, 0.717) is 0 Å². The summed E-state index contributed by atoms with van der Waals surface area (Å²) in [5.41, 5.74) is -1.68. The maximum absolute atomic E-state index is 12.3. The molecule has 0 fully saturated rings. The molecular formula is C15H17O4P. The summed E-state index contributed by atoms with van der Waals surface area (Å²) in [6.07, 6.45) is 7.15. The lowest BCUT2D eigenvalue weighted by molar-refractivity contribution is 0.0740. The lowest BCUT2D eigenvalue weighted by Gasteiger charge is -2.33. The van der Waals surface area contributed by atoms with Crippen LogP contribution in [-0.4, -0.2) is 16.0 Å². The van der Waals surface area contributed by atoms with Crippen LogP contribution in [0.2, 0.25) is 0 Å². The first-order valence-corrected chi connectivity index (χ1v) is 7.92. The van der Waals surface area contributed by atoms with Crippen molar-refractivity contribution in [1.82, 2.24) is 0 Å². The first-order chi connectivity index (χ1) is 9.35. The van der Waals surface area contributed by atoms with Gasteiger partial charge in [-0.15, -0.1) is 0 Å². The lowest BCUT2D eigenvalue weighted by Crippen LogP contribution is -2.34. The molecule has 0 spiro atoms. The molecule has 1 aromatic carbocycles. The van der Waals surface area contributed by atoms with Gasteiger partial charge in [0.05, 0.1) is 5.60 Å². The zero-order valence-electron chi connectivity index (χ0n) is 11.4. The van der Waals surface area contributed by atoms with E-state index in [2.05, 4.69) is 0 Å². The van der Waals surface area contributed by atoms with Crippen molar-refractivity contribution < 1.29 is 18.8 Å². The molecule has 1 aliphatic carbocycles. The van der Waals surface area contributed by atoms with Gasteiger partial charge in [-0.3, -0.25) is 13.9 Å². The van der Waals surface area contributed by atoms with Crippen LogP contribution < -0.4 is 0 Å². The minimum absolute atomic E-state index is 0.100. The van der Waals surface area contributed by atoms with Gasteiger partial charge < -0.3 is 4.89 Å². The third-order valence-electron chi connectivity index (χ3n) is 3.44. The Kier molecular flexibility index (Phi) is 4.09. The van der Waals surface area contributed by atoms with Gasteiger partial charge in [0.1, 0.15) is 0 Å². The Bertz CT molecular complexity index is 606. The topological polar surface area (TPSA) is 63.6 Å². The zero-order valence-corrected chi connectivity index (χ0v) is 12.3. The van der Waals surface area contributed by atoms with Crippen LogP contribution in [0.3, 0.4) is 0 Å². The molecule has 4 nitrogen and oxygen atoms in total. The van der Waals surface area contributed by atoms with Gasteiger partial charge in [-0.2, -0.15) is 0 Å². The van der Waals surface area contributed by atoms with Crippen molar-refractivity contribution in [1.29, 1.82) is 0 Å². The molecule has 0 bridgehead atoms. The molecule has 5 heteroatoms. The van der Waals surface area contributed by atoms with E-state index in [1.807, 2.05) is 19.1 Å². The van der Waals surface area contributed by atoms with Gasteiger partial charge >= 0.3 is 7.60 Å². The summed E-state index contributed by atoms with van der Waals surface area (Å²) in [4.78, 5) is 22.1. The highest BCUT2D eigenvalue weighted by Crippen LogP contribution is 2.51. The smallest absolute Gasteiger partial charge is 0.319 e. The van der Waals surface area contributed by atoms with Gasteiger partial charge in [0, 0.05) is 11.5 Å². The molecule has 2 rings (SSSR count). The van der Waals surface area contributed by atoms with E-state index in [-0.39, 0.29) is 11.5 Å². The van der Waals surface area contributed by atoms with Crippen LogP contribution in [0.15, 0.2) is 54.6 Å². The second kappa shape index (κ2) is 5.49. The fraction of sp³-hybridized carbons (Fsp3) is 0.267. The van der Waals surface area contributed by atoms with Crippen LogP contribution in [0.4, 0.5) is 0 Å². The molecular weight excluding hydrogens is 275 g/mol. The predicted octanol–water partition coefficient (Wildman–Crippen LogP) is 3.55. The summed E-state index contributed by atoms with van der Waals surface area (Å²) in [5.74, 6) is -0.100. The molecule has 3 atom stereocenters. The van der Waals surface area contributed by atoms with Crippen LogP contribution in [-0.2, 0) is 9.09 Å². The van der Waals surface area contributed by atoms with Gasteiger partial charge in [0.25, 0.3) is 5.52 Å². The highest BCUT2D eigenvalue weighted by atomic mass is 31.2. The van der Waals surface area contributed by atoms with Crippen molar-refractivity contribution in [2.24, 2.45) is 5.92 Å². The minimum atomic E-state index is -4.40. The van der Waals surface area contributed by atoms with E-state index < -0.39 is 18.7 Å². The van der Waals surface area contributed by atoms with Crippen LogP contribution in [0, 0.1) is 5.92 Å². The van der Waals surface area contributed by atoms with Gasteiger partial charge in [-0.25, -0.2) is 0 Å². The van der Waals surface area contributed by atoms with E-state index in [1.165, 1.54) is 12.1 Å². The first-order valence-electron chi connectivity index (χ1n) is 6.35. The molecule has 20 heavy (non-hydrogen) atoms. The molecule has 0 aromatic heterocycles. The number of carbonyl (C=O) groups excluding carboxylic acids is 1. The zero-order chi connectivity index (χ0) is 14.8. The number of benzene rings is 1. The van der Waals surface area contributed by atoms with Crippen molar-refractivity contribution in [3.05, 3.63) is 60.2 Å². The Hall–Kier alpha value is -1.48. The Balaban J connectivity index is 2.24. The van der Waals surface area contributed by atoms with Crippen LogP contribution in [0.25, 0.3) is 0 Å². The summed E-state index contributed by atoms with van der Waals surface area (Å²) in [5, 5.41) is 0. The lowest BCUT2D eigenvalue weighted by atomic mass is 9.87. The van der Waals surface area contributed by atoms with Crippen molar-refractivity contribution in [2.45, 2.75) is 19.4 Å². The SMILES string of the molecule is CC1C=CC=CC1(C)OP(=O)(O)C(=O)c1ccccc1. The number of hydrogen-bond donors (Lipinski definition) is 1. The van der Waals surface area contributed by atoms with Gasteiger partial charge in [-0.1, -0.05) is 61.6 Å².